The molecule has 1 aromatic carbocycles. The number of guanidine groups is 1. The van der Waals surface area contributed by atoms with Crippen molar-refractivity contribution < 1.29 is 4.74 Å². The van der Waals surface area contributed by atoms with E-state index in [0.29, 0.717) is 13.2 Å². The minimum absolute atomic E-state index is 0.586. The zero-order valence-electron chi connectivity index (χ0n) is 13.1. The SMILES string of the molecule is CN=C(NCCOc1ccc(C)cc1)NCCn1cccn1. The summed E-state index contributed by atoms with van der Waals surface area (Å²) in [4.78, 5) is 4.17. The van der Waals surface area contributed by atoms with E-state index in [1.54, 1.807) is 13.2 Å². The Kier molecular flexibility index (Phi) is 6.29. The molecule has 118 valence electrons. The molecule has 0 atom stereocenters. The van der Waals surface area contributed by atoms with Gasteiger partial charge >= 0.3 is 0 Å². The van der Waals surface area contributed by atoms with E-state index in [9.17, 15) is 0 Å². The second-order valence-electron chi connectivity index (χ2n) is 4.86. The fraction of sp³-hybridized carbons (Fsp3) is 0.375. The Morgan fingerprint density at radius 1 is 1.23 bits per heavy atom. The van der Waals surface area contributed by atoms with Crippen molar-refractivity contribution in [2.45, 2.75) is 13.5 Å². The van der Waals surface area contributed by atoms with E-state index in [4.69, 9.17) is 4.74 Å². The van der Waals surface area contributed by atoms with E-state index in [1.165, 1.54) is 5.56 Å². The Labute approximate surface area is 131 Å². The maximum Gasteiger partial charge on any atom is 0.191 e. The molecule has 0 saturated carbocycles. The molecule has 2 aromatic rings. The number of benzene rings is 1. The summed E-state index contributed by atoms with van der Waals surface area (Å²) in [5, 5.41) is 10.6. The third-order valence-electron chi connectivity index (χ3n) is 3.10. The second kappa shape index (κ2) is 8.71. The van der Waals surface area contributed by atoms with Gasteiger partial charge in [-0.2, -0.15) is 5.10 Å². The van der Waals surface area contributed by atoms with Crippen molar-refractivity contribution in [1.82, 2.24) is 20.4 Å². The van der Waals surface area contributed by atoms with Crippen molar-refractivity contribution in [2.75, 3.05) is 26.7 Å². The van der Waals surface area contributed by atoms with Crippen LogP contribution in [0.25, 0.3) is 0 Å². The van der Waals surface area contributed by atoms with Gasteiger partial charge in [0, 0.05) is 26.0 Å². The van der Waals surface area contributed by atoms with Gasteiger partial charge in [-0.25, -0.2) is 0 Å². The molecule has 1 aromatic heterocycles. The Balaban J connectivity index is 1.60. The Morgan fingerprint density at radius 2 is 2.00 bits per heavy atom. The molecule has 0 fully saturated rings. The summed E-state index contributed by atoms with van der Waals surface area (Å²) in [7, 11) is 1.75. The number of aryl methyl sites for hydroxylation is 1. The number of ether oxygens (including phenoxy) is 1. The lowest BCUT2D eigenvalue weighted by atomic mass is 10.2. The van der Waals surface area contributed by atoms with Crippen LogP contribution in [-0.4, -0.2) is 42.5 Å². The molecular weight excluding hydrogens is 278 g/mol. The summed E-state index contributed by atoms with van der Waals surface area (Å²) in [6.07, 6.45) is 3.71. The van der Waals surface area contributed by atoms with Crippen LogP contribution in [0.2, 0.25) is 0 Å². The van der Waals surface area contributed by atoms with Crippen LogP contribution >= 0.6 is 0 Å². The summed E-state index contributed by atoms with van der Waals surface area (Å²) in [5.74, 6) is 1.65. The van der Waals surface area contributed by atoms with Gasteiger partial charge in [0.2, 0.25) is 0 Å². The molecule has 1 heterocycles. The monoisotopic (exact) mass is 301 g/mol. The van der Waals surface area contributed by atoms with Crippen molar-refractivity contribution in [1.29, 1.82) is 0 Å². The number of aromatic nitrogens is 2. The molecule has 0 aliphatic carbocycles. The largest absolute Gasteiger partial charge is 0.492 e. The topological polar surface area (TPSA) is 63.5 Å². The van der Waals surface area contributed by atoms with Crippen LogP contribution in [0.5, 0.6) is 5.75 Å². The summed E-state index contributed by atoms with van der Waals surface area (Å²) < 4.78 is 7.54. The molecular formula is C16H23N5O. The number of aliphatic imine (C=N–C) groups is 1. The quantitative estimate of drug-likeness (QED) is 0.461. The lowest BCUT2D eigenvalue weighted by molar-refractivity contribution is 0.322. The van der Waals surface area contributed by atoms with Gasteiger partial charge < -0.3 is 15.4 Å². The maximum atomic E-state index is 5.66. The second-order valence-corrected chi connectivity index (χ2v) is 4.86. The number of nitrogens with one attached hydrogen (secondary N) is 2. The molecule has 0 radical (unpaired) electrons. The average molecular weight is 301 g/mol. The number of hydrogen-bond donors (Lipinski definition) is 2. The minimum atomic E-state index is 0.586. The number of nitrogens with zero attached hydrogens (tertiary/aromatic N) is 3. The van der Waals surface area contributed by atoms with E-state index in [0.717, 1.165) is 24.8 Å². The van der Waals surface area contributed by atoms with E-state index in [2.05, 4.69) is 27.6 Å². The van der Waals surface area contributed by atoms with Crippen LogP contribution in [0.15, 0.2) is 47.7 Å². The van der Waals surface area contributed by atoms with E-state index < -0.39 is 0 Å². The van der Waals surface area contributed by atoms with E-state index in [-0.39, 0.29) is 0 Å². The highest BCUT2D eigenvalue weighted by molar-refractivity contribution is 5.79. The summed E-state index contributed by atoms with van der Waals surface area (Å²) >= 11 is 0. The molecule has 0 saturated heterocycles. The summed E-state index contributed by atoms with van der Waals surface area (Å²) in [6, 6.07) is 9.95. The van der Waals surface area contributed by atoms with Crippen LogP contribution < -0.4 is 15.4 Å². The van der Waals surface area contributed by atoms with Crippen LogP contribution in [0.3, 0.4) is 0 Å². The standard InChI is InChI=1S/C16H23N5O/c1-14-4-6-15(7-5-14)22-13-10-19-16(17-2)18-9-12-21-11-3-8-20-21/h3-8,11H,9-10,12-13H2,1-2H3,(H2,17,18,19). The van der Waals surface area contributed by atoms with Gasteiger partial charge in [0.15, 0.2) is 5.96 Å². The molecule has 2 rings (SSSR count). The highest BCUT2D eigenvalue weighted by Crippen LogP contribution is 2.10. The lowest BCUT2D eigenvalue weighted by Gasteiger charge is -2.12. The lowest BCUT2D eigenvalue weighted by Crippen LogP contribution is -2.40. The summed E-state index contributed by atoms with van der Waals surface area (Å²) in [6.45, 7) is 4.90. The zero-order chi connectivity index (χ0) is 15.6. The van der Waals surface area contributed by atoms with Crippen molar-refractivity contribution in [2.24, 2.45) is 4.99 Å². The van der Waals surface area contributed by atoms with Crippen LogP contribution in [0.1, 0.15) is 5.56 Å². The van der Waals surface area contributed by atoms with Crippen molar-refractivity contribution in [3.8, 4) is 5.75 Å². The first-order valence-corrected chi connectivity index (χ1v) is 7.39. The molecule has 0 aliphatic rings. The van der Waals surface area contributed by atoms with E-state index in [1.807, 2.05) is 41.2 Å². The average Bonchev–Trinajstić information content (AvgIpc) is 3.04. The Hall–Kier alpha value is -2.50. The predicted octanol–water partition coefficient (Wildman–Crippen LogP) is 1.44. The molecule has 6 heteroatoms. The van der Waals surface area contributed by atoms with Crippen LogP contribution in [-0.2, 0) is 6.54 Å². The number of hydrogen-bond acceptors (Lipinski definition) is 3. The van der Waals surface area contributed by atoms with Gasteiger partial charge in [-0.3, -0.25) is 9.67 Å². The van der Waals surface area contributed by atoms with Gasteiger partial charge in [-0.15, -0.1) is 0 Å². The zero-order valence-corrected chi connectivity index (χ0v) is 13.1. The van der Waals surface area contributed by atoms with Crippen molar-refractivity contribution in [3.05, 3.63) is 48.3 Å². The maximum absolute atomic E-state index is 5.66. The molecule has 0 amide bonds. The third kappa shape index (κ3) is 5.47. The fourth-order valence-corrected chi connectivity index (χ4v) is 1.91. The Bertz CT molecular complexity index is 563. The van der Waals surface area contributed by atoms with Crippen molar-refractivity contribution >= 4 is 5.96 Å². The van der Waals surface area contributed by atoms with E-state index >= 15 is 0 Å². The van der Waals surface area contributed by atoms with Gasteiger partial charge in [0.1, 0.15) is 12.4 Å². The fourth-order valence-electron chi connectivity index (χ4n) is 1.91. The first-order chi connectivity index (χ1) is 10.8. The summed E-state index contributed by atoms with van der Waals surface area (Å²) in [5.41, 5.74) is 1.23. The van der Waals surface area contributed by atoms with Crippen molar-refractivity contribution in [3.63, 3.8) is 0 Å². The van der Waals surface area contributed by atoms with Gasteiger partial charge in [-0.1, -0.05) is 17.7 Å². The van der Waals surface area contributed by atoms with Crippen LogP contribution in [0.4, 0.5) is 0 Å². The van der Waals surface area contributed by atoms with Gasteiger partial charge in [0.25, 0.3) is 0 Å². The minimum Gasteiger partial charge on any atom is -0.492 e. The normalized spacial score (nSPS) is 11.3. The first-order valence-electron chi connectivity index (χ1n) is 7.39. The molecule has 0 bridgehead atoms. The predicted molar refractivity (Wildman–Crippen MR) is 88.3 cm³/mol. The Morgan fingerprint density at radius 3 is 2.68 bits per heavy atom. The highest BCUT2D eigenvalue weighted by atomic mass is 16.5. The molecule has 2 N–H and O–H groups in total. The molecule has 6 nitrogen and oxygen atoms in total. The molecule has 22 heavy (non-hydrogen) atoms. The smallest absolute Gasteiger partial charge is 0.191 e. The molecule has 0 aliphatic heterocycles. The highest BCUT2D eigenvalue weighted by Gasteiger charge is 1.98. The first kappa shape index (κ1) is 15.9. The third-order valence-corrected chi connectivity index (χ3v) is 3.10. The number of rotatable bonds is 7. The van der Waals surface area contributed by atoms with Gasteiger partial charge in [0.05, 0.1) is 13.1 Å². The molecule has 0 unspecified atom stereocenters. The molecule has 0 spiro atoms. The van der Waals surface area contributed by atoms with Gasteiger partial charge in [-0.05, 0) is 25.1 Å². The van der Waals surface area contributed by atoms with Crippen LogP contribution in [0, 0.1) is 6.92 Å².